The van der Waals surface area contributed by atoms with Gasteiger partial charge in [-0.2, -0.15) is 13.2 Å². The van der Waals surface area contributed by atoms with E-state index in [1.165, 1.54) is 11.8 Å². The minimum Gasteiger partial charge on any atom is -0.340 e. The molecule has 1 aromatic heterocycles. The molecule has 3 nitrogen and oxygen atoms in total. The maximum Gasteiger partial charge on any atom is 0.416 e. The number of halogens is 3. The van der Waals surface area contributed by atoms with Crippen LogP contribution in [0.1, 0.15) is 16.7 Å². The van der Waals surface area contributed by atoms with E-state index in [1.54, 1.807) is 0 Å². The van der Waals surface area contributed by atoms with E-state index in [1.807, 2.05) is 18.2 Å². The average Bonchev–Trinajstić information content (AvgIpc) is 2.47. The summed E-state index contributed by atoms with van der Waals surface area (Å²) in [5.74, 6) is 0.205. The van der Waals surface area contributed by atoms with Crippen molar-refractivity contribution in [2.45, 2.75) is 19.1 Å². The van der Waals surface area contributed by atoms with Crippen LogP contribution in [0.4, 0.5) is 24.7 Å². The van der Waals surface area contributed by atoms with E-state index < -0.39 is 11.7 Å². The molecule has 2 aromatic rings. The van der Waals surface area contributed by atoms with Crippen molar-refractivity contribution in [2.75, 3.05) is 11.9 Å². The molecule has 0 saturated carbocycles. The Balaban J connectivity index is 1.91. The summed E-state index contributed by atoms with van der Waals surface area (Å²) in [6.07, 6.45) is -2.35. The summed E-state index contributed by atoms with van der Waals surface area (Å²) in [7, 11) is 0. The zero-order valence-corrected chi connectivity index (χ0v) is 11.2. The van der Waals surface area contributed by atoms with Gasteiger partial charge in [-0.3, -0.25) is 0 Å². The van der Waals surface area contributed by atoms with Crippen LogP contribution in [-0.4, -0.2) is 11.5 Å². The van der Waals surface area contributed by atoms with Gasteiger partial charge in [0, 0.05) is 18.4 Å². The summed E-state index contributed by atoms with van der Waals surface area (Å²) in [5.41, 5.74) is 2.42. The van der Waals surface area contributed by atoms with Gasteiger partial charge >= 0.3 is 6.18 Å². The molecular formula is C15H14F3N3. The molecule has 0 fully saturated rings. The summed E-state index contributed by atoms with van der Waals surface area (Å²) in [6.45, 7) is 1.64. The molecule has 0 saturated heterocycles. The van der Waals surface area contributed by atoms with Crippen LogP contribution in [0.5, 0.6) is 0 Å². The quantitative estimate of drug-likeness (QED) is 0.890. The van der Waals surface area contributed by atoms with E-state index >= 15 is 0 Å². The molecule has 6 heteroatoms. The molecule has 110 valence electrons. The van der Waals surface area contributed by atoms with Crippen LogP contribution in [0.3, 0.4) is 0 Å². The largest absolute Gasteiger partial charge is 0.416 e. The number of fused-ring (bicyclic) bond motifs is 1. The number of hydrogen-bond acceptors (Lipinski definition) is 3. The Labute approximate surface area is 120 Å². The van der Waals surface area contributed by atoms with Gasteiger partial charge in [-0.15, -0.1) is 0 Å². The molecule has 0 bridgehead atoms. The zero-order valence-electron chi connectivity index (χ0n) is 11.2. The molecule has 0 unspecified atom stereocenters. The normalized spacial score (nSPS) is 14.6. The van der Waals surface area contributed by atoms with Crippen molar-refractivity contribution in [1.82, 2.24) is 10.3 Å². The first kappa shape index (κ1) is 13.9. The third kappa shape index (κ3) is 3.00. The van der Waals surface area contributed by atoms with Gasteiger partial charge in [0.05, 0.1) is 5.56 Å². The third-order valence-corrected chi connectivity index (χ3v) is 3.49. The number of nitrogens with zero attached hydrogens (tertiary/aromatic N) is 1. The van der Waals surface area contributed by atoms with Gasteiger partial charge in [-0.25, -0.2) is 4.98 Å². The van der Waals surface area contributed by atoms with Crippen molar-refractivity contribution in [2.24, 2.45) is 0 Å². The lowest BCUT2D eigenvalue weighted by molar-refractivity contribution is -0.137. The molecule has 0 amide bonds. The van der Waals surface area contributed by atoms with E-state index in [0.717, 1.165) is 42.9 Å². The smallest absolute Gasteiger partial charge is 0.340 e. The molecule has 0 aliphatic carbocycles. The third-order valence-electron chi connectivity index (χ3n) is 3.49. The number of alkyl halides is 3. The van der Waals surface area contributed by atoms with Crippen LogP contribution in [0, 0.1) is 0 Å². The Bertz CT molecular complexity index is 653. The second-order valence-electron chi connectivity index (χ2n) is 4.92. The fraction of sp³-hybridized carbons (Fsp3) is 0.267. The maximum absolute atomic E-state index is 12.7. The Hall–Kier alpha value is -2.08. The van der Waals surface area contributed by atoms with Crippen LogP contribution < -0.4 is 10.6 Å². The molecule has 21 heavy (non-hydrogen) atoms. The maximum atomic E-state index is 12.7. The number of rotatable bonds is 2. The number of hydrogen-bond donors (Lipinski definition) is 2. The van der Waals surface area contributed by atoms with Crippen molar-refractivity contribution in [3.63, 3.8) is 0 Å². The van der Waals surface area contributed by atoms with Crippen molar-refractivity contribution >= 4 is 11.5 Å². The van der Waals surface area contributed by atoms with E-state index in [2.05, 4.69) is 15.6 Å². The van der Waals surface area contributed by atoms with Gasteiger partial charge in [-0.1, -0.05) is 12.1 Å². The molecule has 0 spiro atoms. The highest BCUT2D eigenvalue weighted by Gasteiger charge is 2.30. The van der Waals surface area contributed by atoms with Crippen LogP contribution in [0.2, 0.25) is 0 Å². The Morgan fingerprint density at radius 2 is 2.05 bits per heavy atom. The number of pyridine rings is 1. The highest BCUT2D eigenvalue weighted by molar-refractivity contribution is 5.63. The number of anilines is 2. The average molecular weight is 293 g/mol. The first-order valence-corrected chi connectivity index (χ1v) is 6.66. The molecule has 3 rings (SSSR count). The van der Waals surface area contributed by atoms with Gasteiger partial charge in [0.1, 0.15) is 5.82 Å². The van der Waals surface area contributed by atoms with E-state index in [4.69, 9.17) is 0 Å². The number of nitrogens with one attached hydrogen (secondary N) is 2. The molecule has 1 aliphatic rings. The number of aromatic nitrogens is 1. The molecular weight excluding hydrogens is 279 g/mol. The van der Waals surface area contributed by atoms with Crippen molar-refractivity contribution < 1.29 is 13.2 Å². The lowest BCUT2D eigenvalue weighted by Gasteiger charge is -2.21. The minimum atomic E-state index is -4.36. The second-order valence-corrected chi connectivity index (χ2v) is 4.92. The Morgan fingerprint density at radius 1 is 1.19 bits per heavy atom. The summed E-state index contributed by atoms with van der Waals surface area (Å²) in [6, 6.07) is 7.77. The standard InChI is InChI=1S/C15H14F3N3/c16-15(17,18)11-4-7-20-14(8-11)21-13-3-1-2-10-9-19-6-5-12(10)13/h1-4,7-8,19H,5-6,9H2,(H,20,21). The monoisotopic (exact) mass is 293 g/mol. The van der Waals surface area contributed by atoms with E-state index in [9.17, 15) is 13.2 Å². The van der Waals surface area contributed by atoms with Gasteiger partial charge < -0.3 is 10.6 Å². The summed E-state index contributed by atoms with van der Waals surface area (Å²) < 4.78 is 38.1. The topological polar surface area (TPSA) is 37.0 Å². The predicted octanol–water partition coefficient (Wildman–Crippen LogP) is 3.49. The van der Waals surface area contributed by atoms with Gasteiger partial charge in [0.15, 0.2) is 0 Å². The van der Waals surface area contributed by atoms with Crippen molar-refractivity contribution in [3.05, 3.63) is 53.2 Å². The molecule has 0 radical (unpaired) electrons. The van der Waals surface area contributed by atoms with Gasteiger partial charge in [0.25, 0.3) is 0 Å². The lowest BCUT2D eigenvalue weighted by Crippen LogP contribution is -2.24. The Morgan fingerprint density at radius 3 is 2.86 bits per heavy atom. The first-order chi connectivity index (χ1) is 10.0. The summed E-state index contributed by atoms with van der Waals surface area (Å²) in [4.78, 5) is 3.97. The minimum absolute atomic E-state index is 0.205. The van der Waals surface area contributed by atoms with Crippen LogP contribution in [-0.2, 0) is 19.1 Å². The fourth-order valence-corrected chi connectivity index (χ4v) is 2.46. The van der Waals surface area contributed by atoms with E-state index in [-0.39, 0.29) is 5.82 Å². The van der Waals surface area contributed by atoms with E-state index in [0.29, 0.717) is 0 Å². The van der Waals surface area contributed by atoms with Gasteiger partial charge in [-0.05, 0) is 42.3 Å². The lowest BCUT2D eigenvalue weighted by atomic mass is 9.99. The van der Waals surface area contributed by atoms with Crippen LogP contribution in [0.25, 0.3) is 0 Å². The molecule has 0 atom stereocenters. The molecule has 1 aliphatic heterocycles. The molecule has 2 N–H and O–H groups in total. The SMILES string of the molecule is FC(F)(F)c1ccnc(Nc2cccc3c2CCNC3)c1. The fourth-order valence-electron chi connectivity index (χ4n) is 2.46. The molecule has 2 heterocycles. The highest BCUT2D eigenvalue weighted by Crippen LogP contribution is 2.31. The number of benzene rings is 1. The zero-order chi connectivity index (χ0) is 14.9. The highest BCUT2D eigenvalue weighted by atomic mass is 19.4. The van der Waals surface area contributed by atoms with Crippen LogP contribution >= 0.6 is 0 Å². The Kier molecular flexibility index (Phi) is 3.55. The predicted molar refractivity (Wildman–Crippen MR) is 74.4 cm³/mol. The molecule has 1 aromatic carbocycles. The van der Waals surface area contributed by atoms with Crippen molar-refractivity contribution in [1.29, 1.82) is 0 Å². The first-order valence-electron chi connectivity index (χ1n) is 6.66. The van der Waals surface area contributed by atoms with Crippen LogP contribution in [0.15, 0.2) is 36.5 Å². The summed E-state index contributed by atoms with van der Waals surface area (Å²) >= 11 is 0. The van der Waals surface area contributed by atoms with Gasteiger partial charge in [0.2, 0.25) is 0 Å². The summed E-state index contributed by atoms with van der Waals surface area (Å²) in [5, 5.41) is 6.27. The van der Waals surface area contributed by atoms with Crippen molar-refractivity contribution in [3.8, 4) is 0 Å². The second kappa shape index (κ2) is 5.37.